The number of sulfonamides is 1. The van der Waals surface area contributed by atoms with Crippen molar-refractivity contribution in [2.75, 3.05) is 63.1 Å². The molecule has 11 rings (SSSR count). The lowest BCUT2D eigenvalue weighted by Gasteiger charge is -2.58. The van der Waals surface area contributed by atoms with Crippen molar-refractivity contribution in [2.24, 2.45) is 11.3 Å². The van der Waals surface area contributed by atoms with Crippen LogP contribution in [0.15, 0.2) is 108 Å². The summed E-state index contributed by atoms with van der Waals surface area (Å²) in [6, 6.07) is 28.9. The van der Waals surface area contributed by atoms with E-state index in [-0.39, 0.29) is 28.3 Å². The average Bonchev–Trinajstić information content (AvgIpc) is 3.88. The van der Waals surface area contributed by atoms with Crippen molar-refractivity contribution < 1.29 is 32.7 Å². The van der Waals surface area contributed by atoms with E-state index in [9.17, 15) is 28.4 Å². The lowest BCUT2D eigenvalue weighted by Crippen LogP contribution is -2.60. The van der Waals surface area contributed by atoms with Crippen molar-refractivity contribution in [2.45, 2.75) is 113 Å². The molecule has 4 fully saturated rings. The number of carbonyl (C=O) groups excluding carboxylic acids is 1. The van der Waals surface area contributed by atoms with Crippen LogP contribution >= 0.6 is 0 Å². The van der Waals surface area contributed by atoms with Crippen LogP contribution in [-0.4, -0.2) is 109 Å². The molecule has 2 aliphatic heterocycles. The molecule has 400 valence electrons. The number of amides is 1. The number of hydrogen-bond donors (Lipinski definition) is 4. The van der Waals surface area contributed by atoms with Crippen molar-refractivity contribution in [3.63, 3.8) is 0 Å². The summed E-state index contributed by atoms with van der Waals surface area (Å²) in [5, 5.41) is 26.5. The summed E-state index contributed by atoms with van der Waals surface area (Å²) in [6.45, 7) is 12.6. The van der Waals surface area contributed by atoms with Gasteiger partial charge in [0.25, 0.3) is 21.6 Å². The summed E-state index contributed by atoms with van der Waals surface area (Å²) in [4.78, 5) is 40.7. The van der Waals surface area contributed by atoms with Crippen LogP contribution in [0.4, 0.5) is 17.1 Å². The Labute approximate surface area is 445 Å². The zero-order valence-corrected chi connectivity index (χ0v) is 44.8. The van der Waals surface area contributed by atoms with Crippen molar-refractivity contribution in [1.82, 2.24) is 24.5 Å². The highest BCUT2D eigenvalue weighted by atomic mass is 32.2. The van der Waals surface area contributed by atoms with E-state index < -0.39 is 37.0 Å². The topological polar surface area (TPSA) is 195 Å². The summed E-state index contributed by atoms with van der Waals surface area (Å²) in [5.41, 5.74) is 6.52. The smallest absolute Gasteiger partial charge is 0.293 e. The van der Waals surface area contributed by atoms with Gasteiger partial charge in [-0.05, 0) is 153 Å². The predicted molar refractivity (Wildman–Crippen MR) is 294 cm³/mol. The molecule has 17 heteroatoms. The second kappa shape index (κ2) is 20.8. The van der Waals surface area contributed by atoms with Crippen LogP contribution in [0.25, 0.3) is 11.0 Å². The number of piperidine rings is 1. The lowest BCUT2D eigenvalue weighted by molar-refractivity contribution is -0.384. The fourth-order valence-electron chi connectivity index (χ4n) is 12.9. The van der Waals surface area contributed by atoms with Crippen LogP contribution in [0.2, 0.25) is 0 Å². The molecule has 0 radical (unpaired) electrons. The maximum atomic E-state index is 14.1. The third kappa shape index (κ3) is 10.6. The number of nitro groups is 1. The van der Waals surface area contributed by atoms with Crippen molar-refractivity contribution in [3.05, 3.63) is 141 Å². The molecule has 16 nitrogen and oxygen atoms in total. The molecule has 4 N–H and O–H groups in total. The number of ether oxygens (including phenoxy) is 2. The van der Waals surface area contributed by atoms with Gasteiger partial charge in [-0.2, -0.15) is 0 Å². The number of aromatic amines is 1. The van der Waals surface area contributed by atoms with Gasteiger partial charge >= 0.3 is 0 Å². The molecule has 1 unspecified atom stereocenters. The van der Waals surface area contributed by atoms with Crippen molar-refractivity contribution in [1.29, 1.82) is 0 Å². The molecule has 2 saturated heterocycles. The fourth-order valence-corrected chi connectivity index (χ4v) is 13.9. The first-order chi connectivity index (χ1) is 36.5. The van der Waals surface area contributed by atoms with Gasteiger partial charge in [0.1, 0.15) is 28.6 Å². The molecule has 3 aliphatic carbocycles. The van der Waals surface area contributed by atoms with E-state index >= 15 is 0 Å². The van der Waals surface area contributed by atoms with Gasteiger partial charge in [-0.1, -0.05) is 44.2 Å². The molecular formula is C59H70N8O8S. The first kappa shape index (κ1) is 51.6. The van der Waals surface area contributed by atoms with E-state index in [0.29, 0.717) is 54.7 Å². The maximum absolute atomic E-state index is 14.1. The van der Waals surface area contributed by atoms with Gasteiger partial charge in [0.2, 0.25) is 0 Å². The number of piperazine rings is 1. The zero-order chi connectivity index (χ0) is 52.9. The predicted octanol–water partition coefficient (Wildman–Crippen LogP) is 10.3. The number of anilines is 2. The molecule has 2 atom stereocenters. The van der Waals surface area contributed by atoms with Crippen molar-refractivity contribution >= 4 is 44.0 Å². The summed E-state index contributed by atoms with van der Waals surface area (Å²) in [5.74, 6) is 1.64. The van der Waals surface area contributed by atoms with Crippen LogP contribution in [-0.2, 0) is 16.4 Å². The monoisotopic (exact) mass is 1050 g/mol. The molecule has 1 amide bonds. The third-order valence-corrected chi connectivity index (χ3v) is 18.8. The molecular weight excluding hydrogens is 981 g/mol. The summed E-state index contributed by atoms with van der Waals surface area (Å²) < 4.78 is 41.9. The van der Waals surface area contributed by atoms with E-state index in [4.69, 9.17) is 9.47 Å². The summed E-state index contributed by atoms with van der Waals surface area (Å²) in [6.07, 6.45) is 11.6. The largest absolute Gasteiger partial charge is 0.497 e. The number of benzene rings is 4. The number of H-pyrrole nitrogens is 1. The van der Waals surface area contributed by atoms with Crippen LogP contribution in [0.1, 0.15) is 123 Å². The van der Waals surface area contributed by atoms with Gasteiger partial charge in [0, 0.05) is 93.2 Å². The number of pyridine rings is 1. The molecule has 5 aliphatic rings. The number of nitro benzene ring substituents is 1. The fraction of sp³-hybridized carbons (Fsp3) is 0.458. The Morgan fingerprint density at radius 3 is 2.49 bits per heavy atom. The number of methoxy groups -OCH3 is 1. The van der Waals surface area contributed by atoms with Gasteiger partial charge in [0.15, 0.2) is 0 Å². The molecule has 4 heterocycles. The molecule has 6 aromatic rings. The first-order valence-corrected chi connectivity index (χ1v) is 28.6. The number of nitrogens with zero attached hydrogens (tertiary/aromatic N) is 5. The van der Waals surface area contributed by atoms with Crippen LogP contribution in [0.3, 0.4) is 0 Å². The zero-order valence-electron chi connectivity index (χ0n) is 44.0. The summed E-state index contributed by atoms with van der Waals surface area (Å²) >= 11 is 0. The van der Waals surface area contributed by atoms with E-state index in [1.807, 2.05) is 19.1 Å². The average molecular weight is 1050 g/mol. The number of nitrogens with one attached hydrogen (secondary N) is 3. The standard InChI is InChI=1S/C59H70N8O8S/c1-38(2)48-7-5-6-8-49(48)54-37-64(36-42-27-40-9-11-45(74-4)30-51(40)42)25-26-66(54)44-32-59(33-44)20-23-65(24-21-59)43-10-13-50(55(29-43)75-46-28-41-17-22-60-56(41)62-35-46)57(68)63-76(72,73)47-12-14-52(53(31-47)67(70)71)61-34-39-15-18-58(3,69)19-16-39/h5-14,17,22,28-31,35,38-39,42,44,54,61,69H,15-16,18-21,23-27,32-34,36-37H2,1-4H3,(H,60,62)(H,63,68)/t39?,42?,54-,58?/m0/s1. The number of fused-ring (bicyclic) bond motifs is 2. The highest BCUT2D eigenvalue weighted by molar-refractivity contribution is 7.90. The molecule has 2 aromatic heterocycles. The second-order valence-electron chi connectivity index (χ2n) is 22.9. The molecule has 76 heavy (non-hydrogen) atoms. The molecule has 0 bridgehead atoms. The van der Waals surface area contributed by atoms with E-state index in [1.165, 1.54) is 34.4 Å². The number of aromatic nitrogens is 2. The Balaban J connectivity index is 0.774. The third-order valence-electron chi connectivity index (χ3n) is 17.5. The van der Waals surface area contributed by atoms with Gasteiger partial charge < -0.3 is 29.8 Å². The van der Waals surface area contributed by atoms with Gasteiger partial charge in [-0.3, -0.25) is 24.7 Å². The first-order valence-electron chi connectivity index (χ1n) is 27.1. The number of rotatable bonds is 16. The number of hydrogen-bond acceptors (Lipinski definition) is 13. The van der Waals surface area contributed by atoms with Crippen LogP contribution < -0.4 is 24.4 Å². The minimum Gasteiger partial charge on any atom is -0.497 e. The number of carbonyl (C=O) groups is 1. The minimum atomic E-state index is -4.59. The summed E-state index contributed by atoms with van der Waals surface area (Å²) in [7, 11) is -2.84. The maximum Gasteiger partial charge on any atom is 0.293 e. The Hall–Kier alpha value is -6.53. The lowest BCUT2D eigenvalue weighted by atomic mass is 9.59. The number of aliphatic hydroxyl groups is 1. The Kier molecular flexibility index (Phi) is 14.1. The molecule has 1 spiro atoms. The Morgan fingerprint density at radius 2 is 1.72 bits per heavy atom. The van der Waals surface area contributed by atoms with Gasteiger partial charge in [0.05, 0.1) is 34.3 Å². The van der Waals surface area contributed by atoms with Crippen molar-refractivity contribution in [3.8, 4) is 17.2 Å². The van der Waals surface area contributed by atoms with Gasteiger partial charge in [-0.15, -0.1) is 0 Å². The van der Waals surface area contributed by atoms with Gasteiger partial charge in [-0.25, -0.2) is 18.1 Å². The Morgan fingerprint density at radius 1 is 0.934 bits per heavy atom. The van der Waals surface area contributed by atoms with Crippen LogP contribution in [0.5, 0.6) is 17.2 Å². The molecule has 4 aromatic carbocycles. The molecule has 2 saturated carbocycles. The van der Waals surface area contributed by atoms with E-state index in [0.717, 1.165) is 107 Å². The SMILES string of the molecule is COc1ccc2c(c1)C(CN1CCN(C3CC4(CCN(c5ccc(C(=O)NS(=O)(=O)c6ccc(NCC7CCC(C)(O)CC7)c([N+](=O)[O-])c6)c(Oc6cnc7[nH]ccc7c6)c5)CC4)C3)[C@H](c3ccccc3C(C)C)C1)C2. The quantitative estimate of drug-likeness (QED) is 0.0529. The van der Waals surface area contributed by atoms with Crippen LogP contribution in [0, 0.1) is 21.4 Å². The highest BCUT2D eigenvalue weighted by Gasteiger charge is 2.50. The Bertz CT molecular complexity index is 3240. The van der Waals surface area contributed by atoms with E-state index in [1.54, 1.807) is 37.7 Å². The second-order valence-corrected chi connectivity index (χ2v) is 24.6. The minimum absolute atomic E-state index is 0.0255. The van der Waals surface area contributed by atoms with E-state index in [2.05, 4.69) is 91.0 Å². The highest BCUT2D eigenvalue weighted by Crippen LogP contribution is 2.54. The normalized spacial score (nSPS) is 22.9.